The van der Waals surface area contributed by atoms with Gasteiger partial charge in [0.25, 0.3) is 0 Å². The molecule has 1 aromatic heterocycles. The fourth-order valence-electron chi connectivity index (χ4n) is 2.88. The molecule has 148 valence electrons. The van der Waals surface area contributed by atoms with Crippen LogP contribution in [0.4, 0.5) is 0 Å². The third-order valence-corrected chi connectivity index (χ3v) is 5.29. The summed E-state index contributed by atoms with van der Waals surface area (Å²) in [6, 6.07) is 5.90. The van der Waals surface area contributed by atoms with Crippen molar-refractivity contribution in [2.75, 3.05) is 14.2 Å². The Balaban J connectivity index is 1.93. The first-order chi connectivity index (χ1) is 12.9. The van der Waals surface area contributed by atoms with Gasteiger partial charge in [-0.05, 0) is 37.5 Å². The zero-order chi connectivity index (χ0) is 19.8. The molecular weight excluding hydrogens is 360 g/mol. The Hall–Kier alpha value is -2.08. The number of carbonyl (C=O) groups is 1. The Morgan fingerprint density at radius 3 is 2.56 bits per heavy atom. The Bertz CT molecular complexity index is 743. The van der Waals surface area contributed by atoms with Crippen molar-refractivity contribution in [3.63, 3.8) is 0 Å². The van der Waals surface area contributed by atoms with Crippen LogP contribution >= 0.6 is 11.3 Å². The third-order valence-electron chi connectivity index (χ3n) is 4.35. The lowest BCUT2D eigenvalue weighted by Gasteiger charge is -2.14. The lowest BCUT2D eigenvalue weighted by atomic mass is 10.0. The van der Waals surface area contributed by atoms with Gasteiger partial charge in [0.1, 0.15) is 5.01 Å². The van der Waals surface area contributed by atoms with Gasteiger partial charge in [-0.3, -0.25) is 4.79 Å². The molecule has 1 amide bonds. The first-order valence-corrected chi connectivity index (χ1v) is 10.3. The van der Waals surface area contributed by atoms with Crippen LogP contribution in [-0.4, -0.2) is 31.2 Å². The molecule has 5 nitrogen and oxygen atoms in total. The Kier molecular flexibility index (Phi) is 8.10. The van der Waals surface area contributed by atoms with E-state index in [4.69, 9.17) is 9.47 Å². The van der Waals surface area contributed by atoms with E-state index in [1.165, 1.54) is 17.8 Å². The van der Waals surface area contributed by atoms with E-state index in [2.05, 4.69) is 31.1 Å². The molecule has 6 heteroatoms. The Morgan fingerprint density at radius 2 is 1.89 bits per heavy atom. The van der Waals surface area contributed by atoms with Crippen molar-refractivity contribution >= 4 is 17.2 Å². The summed E-state index contributed by atoms with van der Waals surface area (Å²) < 4.78 is 10.6. The Labute approximate surface area is 166 Å². The number of hydrogen-bond acceptors (Lipinski definition) is 5. The first kappa shape index (κ1) is 21.2. The topological polar surface area (TPSA) is 60.5 Å². The molecule has 0 aliphatic rings. The third kappa shape index (κ3) is 6.54. The van der Waals surface area contributed by atoms with E-state index in [0.717, 1.165) is 29.1 Å². The van der Waals surface area contributed by atoms with Gasteiger partial charge in [-0.15, -0.1) is 11.3 Å². The number of nitrogens with one attached hydrogen (secondary N) is 1. The molecule has 1 unspecified atom stereocenters. The second-order valence-corrected chi connectivity index (χ2v) is 8.04. The number of ether oxygens (including phenoxy) is 2. The number of rotatable bonds is 10. The Morgan fingerprint density at radius 1 is 1.15 bits per heavy atom. The quantitative estimate of drug-likeness (QED) is 0.639. The molecule has 2 aromatic rings. The standard InChI is InChI=1S/C21H30N2O3S/c1-14(2)7-6-8-15(3)22-20(24)12-17-13-27-21(23-17)16-9-10-18(25-4)19(11-16)26-5/h9-11,13-15H,6-8,12H2,1-5H3,(H,22,24). The van der Waals surface area contributed by atoms with Gasteiger partial charge in [-0.1, -0.05) is 26.7 Å². The minimum atomic E-state index is 0.0243. The molecule has 1 heterocycles. The van der Waals surface area contributed by atoms with E-state index in [1.807, 2.05) is 23.6 Å². The van der Waals surface area contributed by atoms with Gasteiger partial charge < -0.3 is 14.8 Å². The van der Waals surface area contributed by atoms with Crippen molar-refractivity contribution < 1.29 is 14.3 Å². The van der Waals surface area contributed by atoms with Gasteiger partial charge in [0.05, 0.1) is 26.3 Å². The molecular formula is C21H30N2O3S. The number of amides is 1. The van der Waals surface area contributed by atoms with Crippen molar-refractivity contribution in [1.82, 2.24) is 10.3 Å². The van der Waals surface area contributed by atoms with Crippen LogP contribution in [0.25, 0.3) is 10.6 Å². The predicted octanol–water partition coefficient (Wildman–Crippen LogP) is 4.70. The van der Waals surface area contributed by atoms with E-state index in [1.54, 1.807) is 14.2 Å². The number of aromatic nitrogens is 1. The zero-order valence-corrected chi connectivity index (χ0v) is 17.7. The fraction of sp³-hybridized carbons (Fsp3) is 0.524. The van der Waals surface area contributed by atoms with Gasteiger partial charge in [0.2, 0.25) is 5.91 Å². The van der Waals surface area contributed by atoms with Gasteiger partial charge in [0.15, 0.2) is 11.5 Å². The van der Waals surface area contributed by atoms with Crippen LogP contribution in [0.15, 0.2) is 23.6 Å². The highest BCUT2D eigenvalue weighted by Gasteiger charge is 2.13. The van der Waals surface area contributed by atoms with E-state index in [0.29, 0.717) is 23.8 Å². The summed E-state index contributed by atoms with van der Waals surface area (Å²) in [6.07, 6.45) is 3.65. The molecule has 0 radical (unpaired) electrons. The SMILES string of the molecule is COc1ccc(-c2nc(CC(=O)NC(C)CCCC(C)C)cs2)cc1OC. The largest absolute Gasteiger partial charge is 0.493 e. The van der Waals surface area contributed by atoms with Gasteiger partial charge in [-0.2, -0.15) is 0 Å². The predicted molar refractivity (Wildman–Crippen MR) is 111 cm³/mol. The lowest BCUT2D eigenvalue weighted by Crippen LogP contribution is -2.33. The summed E-state index contributed by atoms with van der Waals surface area (Å²) in [6.45, 7) is 6.51. The van der Waals surface area contributed by atoms with Crippen LogP contribution in [0.3, 0.4) is 0 Å². The van der Waals surface area contributed by atoms with Crippen molar-refractivity contribution in [1.29, 1.82) is 0 Å². The molecule has 0 fully saturated rings. The molecule has 1 atom stereocenters. The minimum Gasteiger partial charge on any atom is -0.493 e. The van der Waals surface area contributed by atoms with Gasteiger partial charge in [-0.25, -0.2) is 4.98 Å². The molecule has 1 aromatic carbocycles. The summed E-state index contributed by atoms with van der Waals surface area (Å²) in [5.74, 6) is 2.08. The number of carbonyl (C=O) groups excluding carboxylic acids is 1. The summed E-state index contributed by atoms with van der Waals surface area (Å²) >= 11 is 1.53. The second kappa shape index (κ2) is 10.3. The van der Waals surface area contributed by atoms with Crippen molar-refractivity contribution in [2.24, 2.45) is 5.92 Å². The first-order valence-electron chi connectivity index (χ1n) is 9.39. The summed E-state index contributed by atoms with van der Waals surface area (Å²) in [5, 5.41) is 5.88. The summed E-state index contributed by atoms with van der Waals surface area (Å²) in [7, 11) is 3.23. The molecule has 0 saturated heterocycles. The maximum atomic E-state index is 12.3. The van der Waals surface area contributed by atoms with Crippen LogP contribution in [0.1, 0.15) is 45.7 Å². The molecule has 0 aliphatic heterocycles. The van der Waals surface area contributed by atoms with E-state index in [-0.39, 0.29) is 11.9 Å². The highest BCUT2D eigenvalue weighted by atomic mass is 32.1. The normalized spacial score (nSPS) is 12.1. The van der Waals surface area contributed by atoms with Gasteiger partial charge in [0, 0.05) is 17.0 Å². The van der Waals surface area contributed by atoms with Crippen molar-refractivity contribution in [3.05, 3.63) is 29.3 Å². The maximum Gasteiger partial charge on any atom is 0.226 e. The average molecular weight is 391 g/mol. The van der Waals surface area contributed by atoms with Crippen LogP contribution < -0.4 is 14.8 Å². The van der Waals surface area contributed by atoms with Crippen LogP contribution in [0.2, 0.25) is 0 Å². The van der Waals surface area contributed by atoms with E-state index in [9.17, 15) is 4.79 Å². The summed E-state index contributed by atoms with van der Waals surface area (Å²) in [5.41, 5.74) is 1.74. The van der Waals surface area contributed by atoms with Gasteiger partial charge >= 0.3 is 0 Å². The van der Waals surface area contributed by atoms with Crippen LogP contribution in [-0.2, 0) is 11.2 Å². The van der Waals surface area contributed by atoms with Crippen LogP contribution in [0.5, 0.6) is 11.5 Å². The van der Waals surface area contributed by atoms with E-state index < -0.39 is 0 Å². The summed E-state index contributed by atoms with van der Waals surface area (Å²) in [4.78, 5) is 16.9. The van der Waals surface area contributed by atoms with Crippen molar-refractivity contribution in [2.45, 2.75) is 52.5 Å². The number of benzene rings is 1. The molecule has 1 N–H and O–H groups in total. The molecule has 0 aliphatic carbocycles. The zero-order valence-electron chi connectivity index (χ0n) is 16.9. The highest BCUT2D eigenvalue weighted by Crippen LogP contribution is 2.33. The lowest BCUT2D eigenvalue weighted by molar-refractivity contribution is -0.121. The number of thiazole rings is 1. The molecule has 0 spiro atoms. The van der Waals surface area contributed by atoms with Crippen molar-refractivity contribution in [3.8, 4) is 22.1 Å². The molecule has 27 heavy (non-hydrogen) atoms. The molecule has 2 rings (SSSR count). The second-order valence-electron chi connectivity index (χ2n) is 7.18. The maximum absolute atomic E-state index is 12.3. The molecule has 0 bridgehead atoms. The monoisotopic (exact) mass is 390 g/mol. The highest BCUT2D eigenvalue weighted by molar-refractivity contribution is 7.13. The molecule has 0 saturated carbocycles. The van der Waals surface area contributed by atoms with Crippen LogP contribution in [0, 0.1) is 5.92 Å². The average Bonchev–Trinajstić information content (AvgIpc) is 3.08. The number of methoxy groups -OCH3 is 2. The number of nitrogens with zero attached hydrogens (tertiary/aromatic N) is 1. The fourth-order valence-corrected chi connectivity index (χ4v) is 3.70. The minimum absolute atomic E-state index is 0.0243. The smallest absolute Gasteiger partial charge is 0.226 e. The van der Waals surface area contributed by atoms with E-state index >= 15 is 0 Å². The number of hydrogen-bond donors (Lipinski definition) is 1.